The van der Waals surface area contributed by atoms with Gasteiger partial charge in [-0.15, -0.1) is 0 Å². The number of nitrogens with one attached hydrogen (secondary N) is 3. The third-order valence-corrected chi connectivity index (χ3v) is 5.38. The Morgan fingerprint density at radius 1 is 0.935 bits per heavy atom. The number of hydrogen-bond acceptors (Lipinski definition) is 3. The number of halogens is 1. The van der Waals surface area contributed by atoms with Crippen molar-refractivity contribution >= 4 is 50.8 Å². The van der Waals surface area contributed by atoms with Crippen LogP contribution < -0.4 is 10.6 Å². The molecule has 3 N–H and O–H groups in total. The molecule has 0 saturated carbocycles. The lowest BCUT2D eigenvalue weighted by molar-refractivity contribution is 0.102. The summed E-state index contributed by atoms with van der Waals surface area (Å²) in [7, 11) is 0. The molecule has 0 aliphatic rings. The molecular weight excluding hydrogens is 408 g/mol. The first kappa shape index (κ1) is 19.2. The summed E-state index contributed by atoms with van der Waals surface area (Å²) in [5, 5.41) is 8.80. The molecule has 1 amide bonds. The summed E-state index contributed by atoms with van der Waals surface area (Å²) in [5.41, 5.74) is 4.08. The van der Waals surface area contributed by atoms with E-state index in [1.807, 2.05) is 48.5 Å². The zero-order valence-corrected chi connectivity index (χ0v) is 17.3. The van der Waals surface area contributed by atoms with E-state index in [-0.39, 0.29) is 5.91 Å². The Kier molecular flexibility index (Phi) is 5.02. The maximum atomic E-state index is 12.7. The molecule has 3 aromatic carbocycles. The van der Waals surface area contributed by atoms with E-state index < -0.39 is 0 Å². The van der Waals surface area contributed by atoms with Crippen molar-refractivity contribution in [1.29, 1.82) is 0 Å². The van der Waals surface area contributed by atoms with Crippen LogP contribution in [0.3, 0.4) is 0 Å². The van der Waals surface area contributed by atoms with E-state index >= 15 is 0 Å². The van der Waals surface area contributed by atoms with Crippen molar-refractivity contribution in [3.63, 3.8) is 0 Å². The zero-order chi connectivity index (χ0) is 21.2. The van der Waals surface area contributed by atoms with Crippen LogP contribution in [0.15, 0.2) is 85.1 Å². The lowest BCUT2D eigenvalue weighted by Crippen LogP contribution is -2.11. The molecule has 6 heteroatoms. The van der Waals surface area contributed by atoms with E-state index in [0.29, 0.717) is 22.8 Å². The molecule has 0 fully saturated rings. The number of carbonyl (C=O) groups excluding carboxylic acids is 1. The van der Waals surface area contributed by atoms with Crippen LogP contribution in [-0.4, -0.2) is 15.9 Å². The summed E-state index contributed by atoms with van der Waals surface area (Å²) < 4.78 is 0. The smallest absolute Gasteiger partial charge is 0.255 e. The van der Waals surface area contributed by atoms with Crippen LogP contribution in [-0.2, 0) is 6.54 Å². The lowest BCUT2D eigenvalue weighted by Gasteiger charge is -2.08. The van der Waals surface area contributed by atoms with E-state index in [0.717, 1.165) is 27.6 Å². The molecule has 0 spiro atoms. The molecule has 5 rings (SSSR count). The van der Waals surface area contributed by atoms with Gasteiger partial charge in [0.15, 0.2) is 0 Å². The van der Waals surface area contributed by atoms with Gasteiger partial charge in [-0.25, -0.2) is 4.98 Å². The predicted molar refractivity (Wildman–Crippen MR) is 127 cm³/mol. The normalized spacial score (nSPS) is 11.0. The number of aromatic nitrogens is 2. The highest BCUT2D eigenvalue weighted by atomic mass is 35.5. The minimum Gasteiger partial charge on any atom is -0.366 e. The number of anilines is 2. The standard InChI is InChI=1S/C25H19ClN4O/c26-18-11-20-19-13-23(27-14-16-7-3-1-4-8-16)28-15-22(19)29-24(20)21(12-18)30-25(31)17-9-5-2-6-10-17/h1-13,15,29H,14H2,(H,27,28)(H,30,31). The average molecular weight is 427 g/mol. The van der Waals surface area contributed by atoms with Gasteiger partial charge in [-0.05, 0) is 35.9 Å². The molecule has 0 aliphatic heterocycles. The molecule has 0 bridgehead atoms. The number of fused-ring (bicyclic) bond motifs is 3. The number of nitrogens with zero attached hydrogens (tertiary/aromatic N) is 1. The van der Waals surface area contributed by atoms with Crippen LogP contribution in [0, 0.1) is 0 Å². The summed E-state index contributed by atoms with van der Waals surface area (Å²) >= 11 is 6.40. The van der Waals surface area contributed by atoms with E-state index in [2.05, 4.69) is 32.7 Å². The third kappa shape index (κ3) is 3.96. The number of rotatable bonds is 5. The predicted octanol–water partition coefficient (Wildman–Crippen LogP) is 6.23. The van der Waals surface area contributed by atoms with Crippen molar-refractivity contribution in [2.24, 2.45) is 0 Å². The summed E-state index contributed by atoms with van der Waals surface area (Å²) in [5.74, 6) is 0.582. The molecular formula is C25H19ClN4O. The molecule has 5 nitrogen and oxygen atoms in total. The van der Waals surface area contributed by atoms with Gasteiger partial charge in [-0.3, -0.25) is 4.79 Å². The van der Waals surface area contributed by atoms with E-state index in [9.17, 15) is 4.79 Å². The van der Waals surface area contributed by atoms with Gasteiger partial charge in [-0.2, -0.15) is 0 Å². The van der Waals surface area contributed by atoms with Crippen LogP contribution in [0.5, 0.6) is 0 Å². The van der Waals surface area contributed by atoms with Crippen LogP contribution in [0.2, 0.25) is 5.02 Å². The van der Waals surface area contributed by atoms with Gasteiger partial charge in [0, 0.05) is 27.9 Å². The Balaban J connectivity index is 1.49. The molecule has 2 aromatic heterocycles. The maximum absolute atomic E-state index is 12.7. The molecule has 0 radical (unpaired) electrons. The largest absolute Gasteiger partial charge is 0.366 e. The zero-order valence-electron chi connectivity index (χ0n) is 16.5. The second kappa shape index (κ2) is 8.13. The van der Waals surface area contributed by atoms with Gasteiger partial charge in [0.2, 0.25) is 0 Å². The van der Waals surface area contributed by atoms with Crippen LogP contribution in [0.1, 0.15) is 15.9 Å². The second-order valence-electron chi connectivity index (χ2n) is 7.28. The summed E-state index contributed by atoms with van der Waals surface area (Å²) in [6, 6.07) is 24.9. The Labute approximate surface area is 184 Å². The summed E-state index contributed by atoms with van der Waals surface area (Å²) in [6.07, 6.45) is 1.79. The number of amides is 1. The summed E-state index contributed by atoms with van der Waals surface area (Å²) in [4.78, 5) is 20.6. The quantitative estimate of drug-likeness (QED) is 0.312. The van der Waals surface area contributed by atoms with Crippen molar-refractivity contribution in [1.82, 2.24) is 9.97 Å². The average Bonchev–Trinajstić information content (AvgIpc) is 3.17. The van der Waals surface area contributed by atoms with Crippen molar-refractivity contribution in [2.75, 3.05) is 10.6 Å². The van der Waals surface area contributed by atoms with Crippen molar-refractivity contribution < 1.29 is 4.79 Å². The molecule has 31 heavy (non-hydrogen) atoms. The molecule has 152 valence electrons. The molecule has 0 unspecified atom stereocenters. The van der Waals surface area contributed by atoms with Crippen molar-refractivity contribution in [3.8, 4) is 0 Å². The molecule has 0 aliphatic carbocycles. The highest BCUT2D eigenvalue weighted by Crippen LogP contribution is 2.34. The fourth-order valence-corrected chi connectivity index (χ4v) is 3.85. The number of hydrogen-bond donors (Lipinski definition) is 3. The van der Waals surface area contributed by atoms with Crippen molar-refractivity contribution in [2.45, 2.75) is 6.54 Å². The van der Waals surface area contributed by atoms with Gasteiger partial charge < -0.3 is 15.6 Å². The number of aromatic amines is 1. The first-order chi connectivity index (χ1) is 15.2. The fourth-order valence-electron chi connectivity index (χ4n) is 3.63. The molecule has 0 atom stereocenters. The monoisotopic (exact) mass is 426 g/mol. The maximum Gasteiger partial charge on any atom is 0.255 e. The second-order valence-corrected chi connectivity index (χ2v) is 7.71. The van der Waals surface area contributed by atoms with Gasteiger partial charge in [0.1, 0.15) is 5.82 Å². The Hall–Kier alpha value is -3.83. The van der Waals surface area contributed by atoms with Gasteiger partial charge >= 0.3 is 0 Å². The Morgan fingerprint density at radius 2 is 1.68 bits per heavy atom. The number of H-pyrrole nitrogens is 1. The minimum atomic E-state index is -0.189. The highest BCUT2D eigenvalue weighted by Gasteiger charge is 2.14. The van der Waals surface area contributed by atoms with Crippen LogP contribution in [0.25, 0.3) is 21.8 Å². The number of benzene rings is 3. The topological polar surface area (TPSA) is 69.8 Å². The first-order valence-corrected chi connectivity index (χ1v) is 10.3. The summed E-state index contributed by atoms with van der Waals surface area (Å²) in [6.45, 7) is 0.681. The number of pyridine rings is 1. The van der Waals surface area contributed by atoms with Crippen LogP contribution in [0.4, 0.5) is 11.5 Å². The van der Waals surface area contributed by atoms with E-state index in [1.165, 1.54) is 5.56 Å². The highest BCUT2D eigenvalue weighted by molar-refractivity contribution is 6.33. The van der Waals surface area contributed by atoms with E-state index in [1.54, 1.807) is 24.4 Å². The lowest BCUT2D eigenvalue weighted by atomic mass is 10.1. The molecule has 5 aromatic rings. The minimum absolute atomic E-state index is 0.189. The fraction of sp³-hybridized carbons (Fsp3) is 0.0400. The molecule has 2 heterocycles. The van der Waals surface area contributed by atoms with Crippen LogP contribution >= 0.6 is 11.6 Å². The first-order valence-electron chi connectivity index (χ1n) is 9.92. The Bertz CT molecular complexity index is 1380. The SMILES string of the molecule is O=C(Nc1cc(Cl)cc2c1[nH]c1cnc(NCc3ccccc3)cc12)c1ccccc1. The van der Waals surface area contributed by atoms with Gasteiger partial charge in [0.05, 0.1) is 22.9 Å². The number of carbonyl (C=O) groups is 1. The Morgan fingerprint density at radius 3 is 2.45 bits per heavy atom. The third-order valence-electron chi connectivity index (χ3n) is 5.16. The van der Waals surface area contributed by atoms with Gasteiger partial charge in [0.25, 0.3) is 5.91 Å². The van der Waals surface area contributed by atoms with E-state index in [4.69, 9.17) is 11.6 Å². The van der Waals surface area contributed by atoms with Crippen molar-refractivity contribution in [3.05, 3.63) is 101 Å². The van der Waals surface area contributed by atoms with Gasteiger partial charge in [-0.1, -0.05) is 60.1 Å². The molecule has 0 saturated heterocycles.